The minimum atomic E-state index is -1.52. The van der Waals surface area contributed by atoms with Gasteiger partial charge in [-0.05, 0) is 75.1 Å². The van der Waals surface area contributed by atoms with Gasteiger partial charge in [0.05, 0.1) is 5.60 Å². The van der Waals surface area contributed by atoms with Crippen LogP contribution in [-0.4, -0.2) is 71.9 Å². The van der Waals surface area contributed by atoms with E-state index in [-0.39, 0.29) is 11.3 Å². The molecule has 180 valence electrons. The first-order chi connectivity index (χ1) is 15.9. The van der Waals surface area contributed by atoms with Crippen LogP contribution in [0.15, 0.2) is 24.3 Å². The second-order valence-corrected chi connectivity index (χ2v) is 11.6. The molecule has 5 aliphatic rings. The van der Waals surface area contributed by atoms with Crippen molar-refractivity contribution in [3.63, 3.8) is 0 Å². The number of hydrogen-bond donors (Lipinski definition) is 1. The molecule has 6 rings (SSSR count). The van der Waals surface area contributed by atoms with Crippen molar-refractivity contribution < 1.29 is 19.0 Å². The van der Waals surface area contributed by atoms with Gasteiger partial charge in [-0.2, -0.15) is 0 Å². The highest BCUT2D eigenvalue weighted by atomic mass is 19.1. The largest absolute Gasteiger partial charge is 0.385 e. The van der Waals surface area contributed by atoms with Gasteiger partial charge < -0.3 is 19.6 Å². The number of nitrogens with zero attached hydrogens (tertiary/aromatic N) is 2. The first kappa shape index (κ1) is 22.0. The monoisotopic (exact) mass is 456 g/mol. The van der Waals surface area contributed by atoms with Crippen molar-refractivity contribution in [1.29, 1.82) is 0 Å². The van der Waals surface area contributed by atoms with Crippen LogP contribution in [0.2, 0.25) is 0 Å². The van der Waals surface area contributed by atoms with E-state index in [0.717, 1.165) is 51.0 Å². The van der Waals surface area contributed by atoms with Crippen molar-refractivity contribution in [1.82, 2.24) is 9.80 Å². The van der Waals surface area contributed by atoms with Gasteiger partial charge in [-0.1, -0.05) is 24.3 Å². The molecule has 0 aromatic heterocycles. The Morgan fingerprint density at radius 1 is 1.00 bits per heavy atom. The van der Waals surface area contributed by atoms with Crippen molar-refractivity contribution in [2.45, 2.75) is 81.0 Å². The van der Waals surface area contributed by atoms with E-state index in [4.69, 9.17) is 4.74 Å². The third-order valence-electron chi connectivity index (χ3n) is 9.36. The number of aliphatic hydroxyl groups is 1. The van der Waals surface area contributed by atoms with Crippen molar-refractivity contribution in [2.75, 3.05) is 39.4 Å². The molecule has 3 saturated heterocycles. The van der Waals surface area contributed by atoms with Gasteiger partial charge in [0.1, 0.15) is 0 Å². The Morgan fingerprint density at radius 3 is 2.39 bits per heavy atom. The van der Waals surface area contributed by atoms with Gasteiger partial charge in [0, 0.05) is 50.6 Å². The maximum atomic E-state index is 14.1. The maximum absolute atomic E-state index is 14.1. The average molecular weight is 457 g/mol. The number of amides is 1. The number of halogens is 1. The summed E-state index contributed by atoms with van der Waals surface area (Å²) >= 11 is 0. The molecule has 1 N–H and O–H groups in total. The lowest BCUT2D eigenvalue weighted by molar-refractivity contribution is -0.150. The number of benzene rings is 1. The van der Waals surface area contributed by atoms with E-state index in [1.54, 1.807) is 4.90 Å². The predicted molar refractivity (Wildman–Crippen MR) is 124 cm³/mol. The Morgan fingerprint density at radius 2 is 1.70 bits per heavy atom. The Hall–Kier alpha value is -1.50. The van der Waals surface area contributed by atoms with Crippen LogP contribution in [0, 0.1) is 5.41 Å². The summed E-state index contributed by atoms with van der Waals surface area (Å²) in [5.41, 5.74) is 0.414. The molecule has 0 unspecified atom stereocenters. The van der Waals surface area contributed by atoms with Crippen molar-refractivity contribution in [3.8, 4) is 0 Å². The number of carbonyl (C=O) groups excluding carboxylic acids is 1. The summed E-state index contributed by atoms with van der Waals surface area (Å²) in [7, 11) is 0. The lowest BCUT2D eigenvalue weighted by Crippen LogP contribution is -2.60. The van der Waals surface area contributed by atoms with E-state index in [1.165, 1.54) is 18.4 Å². The zero-order chi connectivity index (χ0) is 22.7. The predicted octanol–water partition coefficient (Wildman–Crippen LogP) is 3.75. The van der Waals surface area contributed by atoms with Gasteiger partial charge >= 0.3 is 0 Å². The molecule has 2 aliphatic carbocycles. The SMILES string of the molecule is O=C(N1CC2(CC[C@@H](N3CCC(c4ccccc4C4(O)CCOCC4)CC3)C2)C1)C1(F)CC1. The minimum absolute atomic E-state index is 0.237. The number of ether oxygens (including phenoxy) is 1. The first-order valence-electron chi connectivity index (χ1n) is 13.0. The Balaban J connectivity index is 1.05. The number of alkyl halides is 1. The van der Waals surface area contributed by atoms with Crippen LogP contribution in [-0.2, 0) is 15.1 Å². The van der Waals surface area contributed by atoms with E-state index >= 15 is 0 Å². The zero-order valence-corrected chi connectivity index (χ0v) is 19.6. The van der Waals surface area contributed by atoms with Crippen LogP contribution in [0.3, 0.4) is 0 Å². The molecule has 3 heterocycles. The number of hydrogen-bond acceptors (Lipinski definition) is 4. The summed E-state index contributed by atoms with van der Waals surface area (Å²) in [4.78, 5) is 16.7. The third-order valence-corrected chi connectivity index (χ3v) is 9.36. The summed E-state index contributed by atoms with van der Waals surface area (Å²) in [5.74, 6) is 0.248. The van der Waals surface area contributed by atoms with E-state index < -0.39 is 11.3 Å². The van der Waals surface area contributed by atoms with E-state index in [9.17, 15) is 14.3 Å². The van der Waals surface area contributed by atoms with E-state index in [0.29, 0.717) is 50.9 Å². The van der Waals surface area contributed by atoms with Crippen molar-refractivity contribution in [3.05, 3.63) is 35.4 Å². The summed E-state index contributed by atoms with van der Waals surface area (Å²) in [6, 6.07) is 9.12. The quantitative estimate of drug-likeness (QED) is 0.750. The number of likely N-dealkylation sites (tertiary alicyclic amines) is 2. The molecule has 3 aliphatic heterocycles. The molecule has 5 nitrogen and oxygen atoms in total. The van der Waals surface area contributed by atoms with Gasteiger partial charge in [0.25, 0.3) is 5.91 Å². The molecular formula is C27H37FN2O3. The lowest BCUT2D eigenvalue weighted by atomic mass is 9.77. The fraction of sp³-hybridized carbons (Fsp3) is 0.741. The molecule has 33 heavy (non-hydrogen) atoms. The van der Waals surface area contributed by atoms with Crippen molar-refractivity contribution >= 4 is 5.91 Å². The van der Waals surface area contributed by atoms with Gasteiger partial charge in [0.2, 0.25) is 0 Å². The zero-order valence-electron chi connectivity index (χ0n) is 19.6. The molecule has 1 aromatic carbocycles. The highest BCUT2D eigenvalue weighted by Crippen LogP contribution is 2.51. The van der Waals surface area contributed by atoms with Crippen LogP contribution >= 0.6 is 0 Å². The highest BCUT2D eigenvalue weighted by molar-refractivity contribution is 5.88. The second-order valence-electron chi connectivity index (χ2n) is 11.6. The molecule has 1 spiro atoms. The maximum Gasteiger partial charge on any atom is 0.260 e. The summed E-state index contributed by atoms with van der Waals surface area (Å²) in [6.45, 7) is 4.97. The fourth-order valence-electron chi connectivity index (χ4n) is 7.12. The summed E-state index contributed by atoms with van der Waals surface area (Å²) in [6.07, 6.45) is 7.96. The van der Waals surface area contributed by atoms with Crippen LogP contribution in [0.1, 0.15) is 74.8 Å². The standard InChI is InChI=1S/C27H37FN2O3/c28-26(9-10-26)24(31)30-18-25(19-30)8-5-21(17-25)29-13-6-20(7-14-29)22-3-1-2-4-23(22)27(32)11-15-33-16-12-27/h1-4,20-21,32H,5-19H2/t21-/m1/s1. The van der Waals surface area contributed by atoms with Crippen LogP contribution < -0.4 is 0 Å². The molecule has 6 heteroatoms. The normalized spacial score (nSPS) is 30.8. The molecule has 5 fully saturated rings. The average Bonchev–Trinajstić information content (AvgIpc) is 3.41. The first-order valence-corrected chi connectivity index (χ1v) is 13.0. The molecule has 0 radical (unpaired) electrons. The van der Waals surface area contributed by atoms with Crippen LogP contribution in [0.4, 0.5) is 4.39 Å². The Bertz CT molecular complexity index is 896. The molecule has 1 atom stereocenters. The number of piperidine rings is 1. The topological polar surface area (TPSA) is 53.0 Å². The Labute approximate surface area is 196 Å². The molecular weight excluding hydrogens is 419 g/mol. The molecule has 0 bridgehead atoms. The fourth-order valence-corrected chi connectivity index (χ4v) is 7.12. The van der Waals surface area contributed by atoms with Crippen LogP contribution in [0.25, 0.3) is 0 Å². The summed E-state index contributed by atoms with van der Waals surface area (Å²) < 4.78 is 19.6. The molecule has 2 saturated carbocycles. The number of carbonyl (C=O) groups is 1. The third kappa shape index (κ3) is 3.92. The second kappa shape index (κ2) is 8.03. The minimum Gasteiger partial charge on any atom is -0.385 e. The van der Waals surface area contributed by atoms with E-state index in [1.807, 2.05) is 0 Å². The summed E-state index contributed by atoms with van der Waals surface area (Å²) in [5, 5.41) is 11.3. The van der Waals surface area contributed by atoms with Crippen molar-refractivity contribution in [2.24, 2.45) is 5.41 Å². The molecule has 1 amide bonds. The molecule has 1 aromatic rings. The highest BCUT2D eigenvalue weighted by Gasteiger charge is 2.58. The van der Waals surface area contributed by atoms with Gasteiger partial charge in [0.15, 0.2) is 5.67 Å². The lowest BCUT2D eigenvalue weighted by Gasteiger charge is -2.49. The van der Waals surface area contributed by atoms with Crippen LogP contribution in [0.5, 0.6) is 0 Å². The number of rotatable bonds is 4. The van der Waals surface area contributed by atoms with Gasteiger partial charge in [-0.3, -0.25) is 4.79 Å². The smallest absolute Gasteiger partial charge is 0.260 e. The Kier molecular flexibility index (Phi) is 5.35. The van der Waals surface area contributed by atoms with Gasteiger partial charge in [-0.25, -0.2) is 4.39 Å². The van der Waals surface area contributed by atoms with E-state index in [2.05, 4.69) is 29.2 Å². The van der Waals surface area contributed by atoms with Gasteiger partial charge in [-0.15, -0.1) is 0 Å².